The van der Waals surface area contributed by atoms with Gasteiger partial charge in [-0.25, -0.2) is 9.59 Å². The number of rotatable bonds is 10. The number of carbonyl (C=O) groups is 2. The number of nitrogens with zero attached hydrogens (tertiary/aromatic N) is 1. The van der Waals surface area contributed by atoms with Gasteiger partial charge < -0.3 is 25.4 Å². The van der Waals surface area contributed by atoms with Gasteiger partial charge in [0, 0.05) is 19.6 Å². The molecule has 3 N–H and O–H groups in total. The molecule has 1 saturated carbocycles. The van der Waals surface area contributed by atoms with Crippen molar-refractivity contribution in [1.29, 1.82) is 0 Å². The third kappa shape index (κ3) is 19.4. The lowest BCUT2D eigenvalue weighted by Gasteiger charge is -2.21. The summed E-state index contributed by atoms with van der Waals surface area (Å²) in [6.45, 7) is 8.67. The van der Waals surface area contributed by atoms with E-state index >= 15 is 0 Å². The number of hydrogen-bond acceptors (Lipinski definition) is 4. The average Bonchev–Trinajstić information content (AvgIpc) is 2.78. The zero-order chi connectivity index (χ0) is 25.8. The van der Waals surface area contributed by atoms with E-state index in [1.165, 1.54) is 94.8 Å². The predicted molar refractivity (Wildman–Crippen MR) is 144 cm³/mol. The summed E-state index contributed by atoms with van der Waals surface area (Å²) in [5.41, 5.74) is -0.532. The number of nitrogens with one attached hydrogen (secondary N) is 2. The summed E-state index contributed by atoms with van der Waals surface area (Å²) >= 11 is 0. The molecular weight excluding hydrogens is 442 g/mol. The summed E-state index contributed by atoms with van der Waals surface area (Å²) in [7, 11) is 0. The molecule has 206 valence electrons. The van der Waals surface area contributed by atoms with Crippen LogP contribution in [0.25, 0.3) is 0 Å². The Hall–Kier alpha value is -1.50. The summed E-state index contributed by atoms with van der Waals surface area (Å²) in [6, 6.07) is 0. The first-order chi connectivity index (χ1) is 16.8. The lowest BCUT2D eigenvalue weighted by Crippen LogP contribution is -2.37. The summed E-state index contributed by atoms with van der Waals surface area (Å²) in [5, 5.41) is 15.8. The summed E-state index contributed by atoms with van der Waals surface area (Å²) in [6.07, 6.45) is 19.3. The summed E-state index contributed by atoms with van der Waals surface area (Å²) < 4.78 is 5.20. The average molecular weight is 498 g/mol. The number of carboxylic acid groups (broad SMARTS) is 1. The Kier molecular flexibility index (Phi) is 17.7. The molecule has 35 heavy (non-hydrogen) atoms. The topological polar surface area (TPSA) is 90.9 Å². The Morgan fingerprint density at radius 3 is 1.71 bits per heavy atom. The van der Waals surface area contributed by atoms with Crippen molar-refractivity contribution >= 4 is 12.2 Å². The minimum Gasteiger partial charge on any atom is -0.465 e. The molecule has 2 amide bonds. The van der Waals surface area contributed by atoms with Crippen molar-refractivity contribution in [2.45, 2.75) is 129 Å². The maximum absolute atomic E-state index is 11.7. The largest absolute Gasteiger partial charge is 0.465 e. The molecule has 0 radical (unpaired) electrons. The normalized spacial score (nSPS) is 17.7. The van der Waals surface area contributed by atoms with Crippen molar-refractivity contribution in [1.82, 2.24) is 15.5 Å². The van der Waals surface area contributed by atoms with Crippen molar-refractivity contribution in [3.05, 3.63) is 0 Å². The molecule has 0 unspecified atom stereocenters. The zero-order valence-corrected chi connectivity index (χ0v) is 23.0. The van der Waals surface area contributed by atoms with Gasteiger partial charge in [0.2, 0.25) is 0 Å². The molecule has 0 heterocycles. The van der Waals surface area contributed by atoms with E-state index in [2.05, 4.69) is 10.6 Å². The highest BCUT2D eigenvalue weighted by molar-refractivity contribution is 5.67. The Labute approximate surface area is 215 Å². The summed E-state index contributed by atoms with van der Waals surface area (Å²) in [5.74, 6) is 0.745. The van der Waals surface area contributed by atoms with E-state index in [0.717, 1.165) is 25.4 Å². The monoisotopic (exact) mass is 497 g/mol. The van der Waals surface area contributed by atoms with Gasteiger partial charge in [-0.1, -0.05) is 77.0 Å². The molecule has 1 fully saturated rings. The van der Waals surface area contributed by atoms with Crippen molar-refractivity contribution in [3.63, 3.8) is 0 Å². The molecule has 0 atom stereocenters. The van der Waals surface area contributed by atoms with Crippen LogP contribution in [0.2, 0.25) is 0 Å². The van der Waals surface area contributed by atoms with E-state index in [4.69, 9.17) is 4.74 Å². The minimum atomic E-state index is -0.899. The van der Waals surface area contributed by atoms with Crippen LogP contribution in [0.1, 0.15) is 124 Å². The quantitative estimate of drug-likeness (QED) is 0.284. The van der Waals surface area contributed by atoms with Crippen LogP contribution in [0, 0.1) is 5.92 Å². The smallest absolute Gasteiger partial charge is 0.407 e. The highest BCUT2D eigenvalue weighted by atomic mass is 16.6. The van der Waals surface area contributed by atoms with E-state index in [-0.39, 0.29) is 0 Å². The molecule has 1 aliphatic carbocycles. The first-order valence-electron chi connectivity index (χ1n) is 14.4. The van der Waals surface area contributed by atoms with Gasteiger partial charge in [0.05, 0.1) is 0 Å². The minimum absolute atomic E-state index is 0.401. The first kappa shape index (κ1) is 31.5. The van der Waals surface area contributed by atoms with Gasteiger partial charge in [0.1, 0.15) is 5.60 Å². The van der Waals surface area contributed by atoms with Gasteiger partial charge in [-0.15, -0.1) is 0 Å². The second kappa shape index (κ2) is 19.7. The third-order valence-electron chi connectivity index (χ3n) is 6.73. The van der Waals surface area contributed by atoms with Gasteiger partial charge in [0.25, 0.3) is 0 Å². The zero-order valence-electron chi connectivity index (χ0n) is 23.0. The molecule has 7 nitrogen and oxygen atoms in total. The second-order valence-electron chi connectivity index (χ2n) is 11.3. The summed E-state index contributed by atoms with van der Waals surface area (Å²) in [4.78, 5) is 24.7. The van der Waals surface area contributed by atoms with Gasteiger partial charge in [-0.2, -0.15) is 0 Å². The molecule has 1 rings (SSSR count). The molecule has 0 spiro atoms. The SMILES string of the molecule is CC(C)(C)OC(=O)NCCCN(CCCNCC1CCCCCCCCCCCCCC1)C(=O)O. The van der Waals surface area contributed by atoms with Crippen molar-refractivity contribution < 1.29 is 19.4 Å². The van der Waals surface area contributed by atoms with Crippen LogP contribution in [0.15, 0.2) is 0 Å². The molecule has 0 aliphatic heterocycles. The first-order valence-corrected chi connectivity index (χ1v) is 14.4. The second-order valence-corrected chi connectivity index (χ2v) is 11.3. The molecule has 0 aromatic carbocycles. The van der Waals surface area contributed by atoms with Crippen LogP contribution in [0.5, 0.6) is 0 Å². The fourth-order valence-electron chi connectivity index (χ4n) is 4.76. The van der Waals surface area contributed by atoms with Gasteiger partial charge in [-0.3, -0.25) is 0 Å². The number of amides is 2. The molecule has 0 aromatic rings. The number of alkyl carbamates (subject to hydrolysis) is 1. The van der Waals surface area contributed by atoms with Crippen LogP contribution >= 0.6 is 0 Å². The molecule has 0 bridgehead atoms. The van der Waals surface area contributed by atoms with Crippen LogP contribution in [-0.4, -0.2) is 60.5 Å². The van der Waals surface area contributed by atoms with Crippen molar-refractivity contribution in [2.75, 3.05) is 32.7 Å². The molecule has 0 saturated heterocycles. The standard InChI is InChI=1S/C28H55N3O4/c1-28(2,3)35-26(32)30-21-17-23-31(27(33)34)22-16-20-29-24-25-18-14-12-10-8-6-4-5-7-9-11-13-15-19-25/h25,29H,4-24H2,1-3H3,(H,30,32)(H,33,34). The van der Waals surface area contributed by atoms with Gasteiger partial charge in [-0.05, 0) is 65.5 Å². The fourth-order valence-corrected chi connectivity index (χ4v) is 4.76. The van der Waals surface area contributed by atoms with Crippen LogP contribution < -0.4 is 10.6 Å². The van der Waals surface area contributed by atoms with Crippen LogP contribution in [0.4, 0.5) is 9.59 Å². The van der Waals surface area contributed by atoms with Gasteiger partial charge >= 0.3 is 12.2 Å². The fraction of sp³-hybridized carbons (Fsp3) is 0.929. The lowest BCUT2D eigenvalue weighted by atomic mass is 9.94. The van der Waals surface area contributed by atoms with E-state index in [1.54, 1.807) is 0 Å². The Bertz CT molecular complexity index is 535. The number of hydrogen-bond donors (Lipinski definition) is 3. The molecule has 1 aliphatic rings. The number of carbonyl (C=O) groups excluding carboxylic acids is 1. The predicted octanol–water partition coefficient (Wildman–Crippen LogP) is 6.95. The maximum atomic E-state index is 11.7. The maximum Gasteiger partial charge on any atom is 0.407 e. The molecular formula is C28H55N3O4. The molecule has 0 aromatic heterocycles. The van der Waals surface area contributed by atoms with E-state index < -0.39 is 17.8 Å². The van der Waals surface area contributed by atoms with Crippen molar-refractivity contribution in [3.8, 4) is 0 Å². The van der Waals surface area contributed by atoms with Crippen LogP contribution in [-0.2, 0) is 4.74 Å². The van der Waals surface area contributed by atoms with E-state index in [1.807, 2.05) is 20.8 Å². The Morgan fingerprint density at radius 2 is 1.26 bits per heavy atom. The highest BCUT2D eigenvalue weighted by Gasteiger charge is 2.16. The van der Waals surface area contributed by atoms with E-state index in [0.29, 0.717) is 26.1 Å². The van der Waals surface area contributed by atoms with Crippen molar-refractivity contribution in [2.24, 2.45) is 5.92 Å². The molecule has 7 heteroatoms. The highest BCUT2D eigenvalue weighted by Crippen LogP contribution is 2.20. The number of ether oxygens (including phenoxy) is 1. The van der Waals surface area contributed by atoms with Crippen LogP contribution in [0.3, 0.4) is 0 Å². The van der Waals surface area contributed by atoms with E-state index in [9.17, 15) is 14.7 Å². The Balaban J connectivity index is 2.23. The van der Waals surface area contributed by atoms with Gasteiger partial charge in [0.15, 0.2) is 0 Å². The third-order valence-corrected chi connectivity index (χ3v) is 6.73. The Morgan fingerprint density at radius 1 is 0.800 bits per heavy atom. The lowest BCUT2D eigenvalue weighted by molar-refractivity contribution is 0.0526.